The summed E-state index contributed by atoms with van der Waals surface area (Å²) >= 11 is 3.39. The molecule has 0 spiro atoms. The molecule has 3 heteroatoms. The minimum atomic E-state index is 0. The number of hydrogen-bond donors (Lipinski definition) is 0. The van der Waals surface area contributed by atoms with Gasteiger partial charge in [0.25, 0.3) is 0 Å². The molecular weight excluding hydrogens is 228 g/mol. The van der Waals surface area contributed by atoms with E-state index in [1.165, 1.54) is 5.56 Å². The molecule has 0 atom stereocenters. The summed E-state index contributed by atoms with van der Waals surface area (Å²) in [6, 6.07) is 8.14. The zero-order chi connectivity index (χ0) is 8.10. The SMILES string of the molecule is COc1ccc(CCBr)cc1.[H-].[H-].[Mg+2]. The molecule has 0 N–H and O–H groups in total. The fraction of sp³-hybridized carbons (Fsp3) is 0.333. The third-order valence-electron chi connectivity index (χ3n) is 1.54. The molecule has 1 aromatic carbocycles. The first-order chi connectivity index (χ1) is 5.36. The van der Waals surface area contributed by atoms with E-state index in [0.29, 0.717) is 0 Å². The minimum absolute atomic E-state index is 0. The van der Waals surface area contributed by atoms with Gasteiger partial charge in [0.2, 0.25) is 0 Å². The van der Waals surface area contributed by atoms with Crippen LogP contribution in [0.5, 0.6) is 5.75 Å². The molecule has 0 radical (unpaired) electrons. The van der Waals surface area contributed by atoms with E-state index in [1.807, 2.05) is 12.1 Å². The Bertz CT molecular complexity index is 219. The van der Waals surface area contributed by atoms with Crippen molar-refractivity contribution in [2.24, 2.45) is 0 Å². The molecule has 0 aromatic heterocycles. The van der Waals surface area contributed by atoms with Crippen LogP contribution >= 0.6 is 15.9 Å². The van der Waals surface area contributed by atoms with Crippen LogP contribution in [0.4, 0.5) is 0 Å². The minimum Gasteiger partial charge on any atom is -1.00 e. The largest absolute Gasteiger partial charge is 2.00 e. The fourth-order valence-corrected chi connectivity index (χ4v) is 1.36. The van der Waals surface area contributed by atoms with Crippen molar-refractivity contribution in [2.75, 3.05) is 12.4 Å². The average molecular weight is 241 g/mol. The van der Waals surface area contributed by atoms with E-state index in [-0.39, 0.29) is 25.9 Å². The van der Waals surface area contributed by atoms with Crippen LogP contribution in [0.25, 0.3) is 0 Å². The fourth-order valence-electron chi connectivity index (χ4n) is 0.901. The van der Waals surface area contributed by atoms with E-state index in [4.69, 9.17) is 4.74 Å². The second-order valence-corrected chi connectivity index (χ2v) is 3.08. The Morgan fingerprint density at radius 3 is 2.33 bits per heavy atom. The predicted octanol–water partition coefficient (Wildman–Crippen LogP) is 2.48. The number of rotatable bonds is 3. The first kappa shape index (κ1) is 12.3. The maximum absolute atomic E-state index is 5.04. The van der Waals surface area contributed by atoms with Gasteiger partial charge in [0.15, 0.2) is 0 Å². The maximum Gasteiger partial charge on any atom is 2.00 e. The van der Waals surface area contributed by atoms with E-state index in [0.717, 1.165) is 17.5 Å². The molecule has 0 aliphatic rings. The van der Waals surface area contributed by atoms with Crippen LogP contribution in [-0.4, -0.2) is 35.5 Å². The molecule has 0 bridgehead atoms. The number of methoxy groups -OCH3 is 1. The number of aryl methyl sites for hydroxylation is 1. The van der Waals surface area contributed by atoms with E-state index < -0.39 is 0 Å². The quantitative estimate of drug-likeness (QED) is 0.583. The molecule has 1 rings (SSSR count). The van der Waals surface area contributed by atoms with Crippen LogP contribution in [0.3, 0.4) is 0 Å². The summed E-state index contributed by atoms with van der Waals surface area (Å²) in [7, 11) is 1.68. The van der Waals surface area contributed by atoms with Gasteiger partial charge in [-0.1, -0.05) is 28.1 Å². The number of halogens is 1. The summed E-state index contributed by atoms with van der Waals surface area (Å²) in [5.74, 6) is 0.920. The number of hydrogen-bond acceptors (Lipinski definition) is 1. The molecule has 0 aliphatic heterocycles. The van der Waals surface area contributed by atoms with Gasteiger partial charge in [-0.3, -0.25) is 0 Å². The topological polar surface area (TPSA) is 9.23 Å². The average Bonchev–Trinajstić information content (AvgIpc) is 2.07. The monoisotopic (exact) mass is 240 g/mol. The molecule has 1 aromatic rings. The Morgan fingerprint density at radius 2 is 1.92 bits per heavy atom. The molecular formula is C9H13BrMgO. The Hall–Kier alpha value is 0.266. The molecule has 0 heterocycles. The van der Waals surface area contributed by atoms with E-state index >= 15 is 0 Å². The molecule has 0 saturated heterocycles. The van der Waals surface area contributed by atoms with Crippen LogP contribution < -0.4 is 4.74 Å². The van der Waals surface area contributed by atoms with Gasteiger partial charge in [-0.05, 0) is 24.1 Å². The van der Waals surface area contributed by atoms with Crippen molar-refractivity contribution >= 4 is 39.0 Å². The van der Waals surface area contributed by atoms with Gasteiger partial charge in [0, 0.05) is 5.33 Å². The van der Waals surface area contributed by atoms with Gasteiger partial charge in [-0.15, -0.1) is 0 Å². The van der Waals surface area contributed by atoms with Crippen LogP contribution in [0.1, 0.15) is 8.42 Å². The van der Waals surface area contributed by atoms with Crippen LogP contribution in [0, 0.1) is 0 Å². The van der Waals surface area contributed by atoms with E-state index in [2.05, 4.69) is 28.1 Å². The number of benzene rings is 1. The van der Waals surface area contributed by atoms with Crippen LogP contribution in [-0.2, 0) is 6.42 Å². The summed E-state index contributed by atoms with van der Waals surface area (Å²) in [5, 5.41) is 1.01. The second-order valence-electron chi connectivity index (χ2n) is 2.29. The van der Waals surface area contributed by atoms with Crippen molar-refractivity contribution in [1.82, 2.24) is 0 Å². The van der Waals surface area contributed by atoms with Gasteiger partial charge in [-0.2, -0.15) is 0 Å². The van der Waals surface area contributed by atoms with Gasteiger partial charge in [0.1, 0.15) is 5.75 Å². The zero-order valence-corrected chi connectivity index (χ0v) is 10.2. The number of alkyl halides is 1. The van der Waals surface area contributed by atoms with Crippen LogP contribution in [0.2, 0.25) is 0 Å². The summed E-state index contributed by atoms with van der Waals surface area (Å²) in [6.07, 6.45) is 1.07. The normalized spacial score (nSPS) is 8.83. The van der Waals surface area contributed by atoms with Crippen molar-refractivity contribution in [3.8, 4) is 5.75 Å². The molecule has 64 valence electrons. The summed E-state index contributed by atoms with van der Waals surface area (Å²) in [4.78, 5) is 0. The standard InChI is InChI=1S/C9H11BrO.Mg.2H/c1-11-9-4-2-8(3-5-9)6-7-10;;;/h2-5H,6-7H2,1H3;;;/q;+2;2*-1. The smallest absolute Gasteiger partial charge is 1.00 e. The molecule has 0 unspecified atom stereocenters. The zero-order valence-electron chi connectivity index (χ0n) is 9.22. The summed E-state index contributed by atoms with van der Waals surface area (Å²) in [6.45, 7) is 0. The maximum atomic E-state index is 5.04. The molecule has 0 saturated carbocycles. The second kappa shape index (κ2) is 6.75. The third kappa shape index (κ3) is 3.78. The first-order valence-corrected chi connectivity index (χ1v) is 4.68. The van der Waals surface area contributed by atoms with Gasteiger partial charge in [-0.25, -0.2) is 0 Å². The molecule has 0 fully saturated rings. The number of ether oxygens (including phenoxy) is 1. The van der Waals surface area contributed by atoms with Crippen LogP contribution in [0.15, 0.2) is 24.3 Å². The molecule has 0 aliphatic carbocycles. The van der Waals surface area contributed by atoms with Crippen molar-refractivity contribution in [1.29, 1.82) is 0 Å². The summed E-state index contributed by atoms with van der Waals surface area (Å²) in [5.41, 5.74) is 1.34. The summed E-state index contributed by atoms with van der Waals surface area (Å²) < 4.78 is 5.04. The van der Waals surface area contributed by atoms with E-state index in [1.54, 1.807) is 7.11 Å². The van der Waals surface area contributed by atoms with Gasteiger partial charge >= 0.3 is 23.1 Å². The first-order valence-electron chi connectivity index (χ1n) is 3.55. The third-order valence-corrected chi connectivity index (χ3v) is 1.94. The molecule has 1 nitrogen and oxygen atoms in total. The Morgan fingerprint density at radius 1 is 1.33 bits per heavy atom. The Balaban J connectivity index is -0.000000403. The van der Waals surface area contributed by atoms with Crippen molar-refractivity contribution in [2.45, 2.75) is 6.42 Å². The van der Waals surface area contributed by atoms with Crippen molar-refractivity contribution in [3.05, 3.63) is 29.8 Å². The van der Waals surface area contributed by atoms with E-state index in [9.17, 15) is 0 Å². The van der Waals surface area contributed by atoms with Crippen molar-refractivity contribution < 1.29 is 7.59 Å². The Labute approximate surface area is 101 Å². The predicted molar refractivity (Wildman–Crippen MR) is 58.5 cm³/mol. The Kier molecular flexibility index (Phi) is 6.90. The molecule has 0 amide bonds. The van der Waals surface area contributed by atoms with Gasteiger partial charge in [0.05, 0.1) is 7.11 Å². The van der Waals surface area contributed by atoms with Crippen molar-refractivity contribution in [3.63, 3.8) is 0 Å². The van der Waals surface area contributed by atoms with Gasteiger partial charge < -0.3 is 7.59 Å². The molecule has 12 heavy (non-hydrogen) atoms.